The average Bonchev–Trinajstić information content (AvgIpc) is 3.06. The Balaban J connectivity index is 1.80. The Kier molecular flexibility index (Phi) is 5.04. The molecular weight excluding hydrogens is 332 g/mol. The average molecular weight is 361 g/mol. The van der Waals surface area contributed by atoms with Crippen molar-refractivity contribution in [2.75, 3.05) is 6.54 Å². The molecule has 140 valence electrons. The highest BCUT2D eigenvalue weighted by atomic mass is 16.3. The van der Waals surface area contributed by atoms with Gasteiger partial charge in [-0.15, -0.1) is 0 Å². The lowest BCUT2D eigenvalue weighted by molar-refractivity contribution is 0.217. The van der Waals surface area contributed by atoms with Crippen LogP contribution in [0.2, 0.25) is 0 Å². The number of aromatic hydroxyl groups is 1. The van der Waals surface area contributed by atoms with Crippen LogP contribution in [0.5, 0.6) is 5.75 Å². The summed E-state index contributed by atoms with van der Waals surface area (Å²) in [4.78, 5) is 2.53. The van der Waals surface area contributed by atoms with E-state index in [2.05, 4.69) is 72.0 Å². The normalized spacial score (nSPS) is 17.5. The van der Waals surface area contributed by atoms with Crippen LogP contribution in [0.1, 0.15) is 47.3 Å². The molecule has 2 heterocycles. The molecule has 0 spiro atoms. The molecule has 0 bridgehead atoms. The molecule has 0 saturated carbocycles. The lowest BCUT2D eigenvalue weighted by atomic mass is 9.94. The van der Waals surface area contributed by atoms with E-state index in [9.17, 15) is 5.11 Å². The fourth-order valence-corrected chi connectivity index (χ4v) is 4.35. The van der Waals surface area contributed by atoms with Gasteiger partial charge in [0.2, 0.25) is 0 Å². The number of phenols is 1. The van der Waals surface area contributed by atoms with Crippen LogP contribution in [0.15, 0.2) is 60.8 Å². The van der Waals surface area contributed by atoms with Gasteiger partial charge in [0.1, 0.15) is 5.75 Å². The molecule has 1 aliphatic rings. The predicted octanol–water partition coefficient (Wildman–Crippen LogP) is 5.06. The van der Waals surface area contributed by atoms with E-state index in [0.29, 0.717) is 5.75 Å². The number of aromatic nitrogens is 1. The number of nitrogens with zero attached hydrogens (tertiary/aromatic N) is 2. The number of benzene rings is 2. The van der Waals surface area contributed by atoms with Crippen molar-refractivity contribution in [2.24, 2.45) is 0 Å². The van der Waals surface area contributed by atoms with Crippen molar-refractivity contribution in [3.63, 3.8) is 0 Å². The molecule has 1 N–H and O–H groups in total. The van der Waals surface area contributed by atoms with Crippen molar-refractivity contribution in [3.05, 3.63) is 88.7 Å². The van der Waals surface area contributed by atoms with E-state index in [1.807, 2.05) is 12.1 Å². The summed E-state index contributed by atoms with van der Waals surface area (Å²) in [7, 11) is 0. The number of aryl methyl sites for hydroxylation is 3. The molecule has 27 heavy (non-hydrogen) atoms. The monoisotopic (exact) mass is 360 g/mol. The maximum absolute atomic E-state index is 10.4. The fourth-order valence-electron chi connectivity index (χ4n) is 4.35. The second-order valence-electron chi connectivity index (χ2n) is 7.54. The molecule has 0 aliphatic carbocycles. The zero-order chi connectivity index (χ0) is 18.8. The number of hydrogen-bond acceptors (Lipinski definition) is 2. The first kappa shape index (κ1) is 17.9. The molecule has 0 radical (unpaired) electrons. The van der Waals surface area contributed by atoms with Gasteiger partial charge in [0.05, 0.1) is 6.04 Å². The SMILES string of the molecule is CCc1ccccc1[C@H]1c2cccn2CCCN1Cc1cc(C)ccc1O. The summed E-state index contributed by atoms with van der Waals surface area (Å²) in [5.74, 6) is 0.391. The number of fused-ring (bicyclic) bond motifs is 1. The zero-order valence-corrected chi connectivity index (χ0v) is 16.2. The van der Waals surface area contributed by atoms with Gasteiger partial charge in [-0.3, -0.25) is 4.90 Å². The quantitative estimate of drug-likeness (QED) is 0.704. The number of rotatable bonds is 4. The van der Waals surface area contributed by atoms with Gasteiger partial charge in [-0.2, -0.15) is 0 Å². The van der Waals surface area contributed by atoms with Gasteiger partial charge >= 0.3 is 0 Å². The summed E-state index contributed by atoms with van der Waals surface area (Å²) >= 11 is 0. The maximum atomic E-state index is 10.4. The third-order valence-electron chi connectivity index (χ3n) is 5.69. The van der Waals surface area contributed by atoms with Crippen molar-refractivity contribution < 1.29 is 5.11 Å². The number of phenolic OH excluding ortho intramolecular Hbond substituents is 1. The van der Waals surface area contributed by atoms with E-state index >= 15 is 0 Å². The van der Waals surface area contributed by atoms with Gasteiger partial charge in [-0.1, -0.05) is 48.9 Å². The molecule has 0 amide bonds. The predicted molar refractivity (Wildman–Crippen MR) is 110 cm³/mol. The van der Waals surface area contributed by atoms with Crippen molar-refractivity contribution >= 4 is 0 Å². The van der Waals surface area contributed by atoms with Crippen LogP contribution < -0.4 is 0 Å². The Bertz CT molecular complexity index is 928. The highest BCUT2D eigenvalue weighted by Gasteiger charge is 2.29. The summed E-state index contributed by atoms with van der Waals surface area (Å²) < 4.78 is 2.40. The molecule has 3 nitrogen and oxygen atoms in total. The van der Waals surface area contributed by atoms with Crippen LogP contribution in [0.4, 0.5) is 0 Å². The Morgan fingerprint density at radius 1 is 1.00 bits per heavy atom. The van der Waals surface area contributed by atoms with E-state index < -0.39 is 0 Å². The molecule has 0 saturated heterocycles. The van der Waals surface area contributed by atoms with Crippen LogP contribution in [-0.2, 0) is 19.5 Å². The molecule has 3 aromatic rings. The minimum absolute atomic E-state index is 0.207. The molecule has 0 unspecified atom stereocenters. The van der Waals surface area contributed by atoms with Gasteiger partial charge < -0.3 is 9.67 Å². The molecular formula is C24H28N2O. The molecule has 1 atom stereocenters. The Morgan fingerprint density at radius 3 is 2.70 bits per heavy atom. The lowest BCUT2D eigenvalue weighted by Gasteiger charge is -2.32. The first-order valence-corrected chi connectivity index (χ1v) is 9.92. The standard InChI is InChI=1S/C24H28N2O/c1-3-19-8-4-5-9-21(19)24-22-10-6-13-25(22)14-7-15-26(24)17-20-16-18(2)11-12-23(20)27/h4-6,8-13,16,24,27H,3,7,14-15,17H2,1-2H3/t24-/m0/s1. The van der Waals surface area contributed by atoms with Gasteiger partial charge in [0.25, 0.3) is 0 Å². The summed E-state index contributed by atoms with van der Waals surface area (Å²) in [6.07, 6.45) is 4.33. The summed E-state index contributed by atoms with van der Waals surface area (Å²) in [5, 5.41) is 10.4. The molecule has 3 heteroatoms. The second kappa shape index (κ2) is 7.61. The molecule has 0 fully saturated rings. The second-order valence-corrected chi connectivity index (χ2v) is 7.54. The maximum Gasteiger partial charge on any atom is 0.120 e. The topological polar surface area (TPSA) is 28.4 Å². The van der Waals surface area contributed by atoms with Crippen molar-refractivity contribution in [1.82, 2.24) is 9.47 Å². The van der Waals surface area contributed by atoms with E-state index in [1.54, 1.807) is 0 Å². The van der Waals surface area contributed by atoms with Crippen molar-refractivity contribution in [2.45, 2.75) is 45.8 Å². The van der Waals surface area contributed by atoms with Crippen LogP contribution in [0.25, 0.3) is 0 Å². The van der Waals surface area contributed by atoms with Crippen LogP contribution >= 0.6 is 0 Å². The third kappa shape index (κ3) is 3.52. The largest absolute Gasteiger partial charge is 0.508 e. The first-order chi connectivity index (χ1) is 13.2. The molecule has 1 aromatic heterocycles. The molecule has 2 aromatic carbocycles. The summed E-state index contributed by atoms with van der Waals surface area (Å²) in [5.41, 5.74) is 6.32. The third-order valence-corrected chi connectivity index (χ3v) is 5.69. The van der Waals surface area contributed by atoms with Gasteiger partial charge in [-0.05, 0) is 49.1 Å². The molecule has 4 rings (SSSR count). The highest BCUT2D eigenvalue weighted by molar-refractivity contribution is 5.39. The zero-order valence-electron chi connectivity index (χ0n) is 16.2. The van der Waals surface area contributed by atoms with E-state index in [0.717, 1.165) is 38.0 Å². The minimum atomic E-state index is 0.207. The Hall–Kier alpha value is -2.52. The van der Waals surface area contributed by atoms with Gasteiger partial charge in [0.15, 0.2) is 0 Å². The lowest BCUT2D eigenvalue weighted by Crippen LogP contribution is -2.30. The smallest absolute Gasteiger partial charge is 0.120 e. The van der Waals surface area contributed by atoms with Crippen LogP contribution in [0.3, 0.4) is 0 Å². The van der Waals surface area contributed by atoms with Gasteiger partial charge in [-0.25, -0.2) is 0 Å². The van der Waals surface area contributed by atoms with E-state index in [4.69, 9.17) is 0 Å². The Morgan fingerprint density at radius 2 is 1.85 bits per heavy atom. The van der Waals surface area contributed by atoms with Crippen molar-refractivity contribution in [3.8, 4) is 5.75 Å². The first-order valence-electron chi connectivity index (χ1n) is 9.92. The van der Waals surface area contributed by atoms with E-state index in [1.165, 1.54) is 22.4 Å². The Labute approximate surface area is 161 Å². The van der Waals surface area contributed by atoms with Gasteiger partial charge in [0, 0.05) is 37.1 Å². The van der Waals surface area contributed by atoms with Crippen LogP contribution in [-0.4, -0.2) is 21.1 Å². The minimum Gasteiger partial charge on any atom is -0.508 e. The van der Waals surface area contributed by atoms with Crippen LogP contribution in [0, 0.1) is 6.92 Å². The number of hydrogen-bond donors (Lipinski definition) is 1. The fraction of sp³-hybridized carbons (Fsp3) is 0.333. The molecule has 1 aliphatic heterocycles. The summed E-state index contributed by atoms with van der Waals surface area (Å²) in [6.45, 7) is 7.12. The summed E-state index contributed by atoms with van der Waals surface area (Å²) in [6, 6.07) is 19.3. The van der Waals surface area contributed by atoms with E-state index in [-0.39, 0.29) is 6.04 Å². The highest BCUT2D eigenvalue weighted by Crippen LogP contribution is 2.36. The van der Waals surface area contributed by atoms with Crippen molar-refractivity contribution in [1.29, 1.82) is 0 Å².